The van der Waals surface area contributed by atoms with Gasteiger partial charge in [-0.1, -0.05) is 32.8 Å². The van der Waals surface area contributed by atoms with Gasteiger partial charge in [0.1, 0.15) is 13.2 Å². The van der Waals surface area contributed by atoms with Gasteiger partial charge in [0.15, 0.2) is 0 Å². The lowest BCUT2D eigenvalue weighted by atomic mass is 10.2. The Morgan fingerprint density at radius 2 is 1.76 bits per heavy atom. The summed E-state index contributed by atoms with van der Waals surface area (Å²) in [6.45, 7) is 9.51. The maximum absolute atomic E-state index is 11.7. The molecule has 1 amide bonds. The van der Waals surface area contributed by atoms with Gasteiger partial charge in [-0.3, -0.25) is 9.36 Å². The summed E-state index contributed by atoms with van der Waals surface area (Å²) >= 11 is 0. The molecule has 0 radical (unpaired) electrons. The van der Waals surface area contributed by atoms with E-state index < -0.39 is 7.82 Å². The van der Waals surface area contributed by atoms with Gasteiger partial charge in [-0.25, -0.2) is 0 Å². The van der Waals surface area contributed by atoms with E-state index >= 15 is 0 Å². The number of unbranched alkanes of at least 4 members (excludes halogenated alkanes) is 3. The van der Waals surface area contributed by atoms with Gasteiger partial charge in [0.25, 0.3) is 7.82 Å². The van der Waals surface area contributed by atoms with Crippen molar-refractivity contribution in [1.82, 2.24) is 5.32 Å². The number of likely N-dealkylation sites (N-methyl/N-ethyl adjacent to an activating group) is 1. The first-order valence-electron chi connectivity index (χ1n) is 8.95. The Labute approximate surface area is 152 Å². The van der Waals surface area contributed by atoms with Crippen molar-refractivity contribution in [3.8, 4) is 0 Å². The molecule has 25 heavy (non-hydrogen) atoms. The number of amides is 1. The molecule has 8 heteroatoms. The first kappa shape index (κ1) is 24.3. The first-order valence-corrected chi connectivity index (χ1v) is 10.4. The van der Waals surface area contributed by atoms with Crippen LogP contribution in [0.4, 0.5) is 0 Å². The highest BCUT2D eigenvalue weighted by Gasteiger charge is 2.17. The van der Waals surface area contributed by atoms with E-state index in [0.717, 1.165) is 38.6 Å². The minimum absolute atomic E-state index is 0.0842. The largest absolute Gasteiger partial charge is 0.756 e. The molecule has 0 saturated carbocycles. The zero-order chi connectivity index (χ0) is 19.3. The number of carbonyl (C=O) groups is 1. The molecular weight excluding hydrogens is 343 g/mol. The number of phosphoric acid groups is 1. The van der Waals surface area contributed by atoms with Gasteiger partial charge in [0.05, 0.1) is 27.2 Å². The topological polar surface area (TPSA) is 87.7 Å². The van der Waals surface area contributed by atoms with Crippen LogP contribution >= 0.6 is 7.82 Å². The summed E-state index contributed by atoms with van der Waals surface area (Å²) in [5, 5.41) is 2.78. The Balaban J connectivity index is 3.89. The Morgan fingerprint density at radius 3 is 2.36 bits per heavy atom. The Morgan fingerprint density at radius 1 is 1.12 bits per heavy atom. The van der Waals surface area contributed by atoms with E-state index in [1.165, 1.54) is 0 Å². The second-order valence-electron chi connectivity index (χ2n) is 6.95. The number of quaternary nitrogens is 1. The van der Waals surface area contributed by atoms with Crippen molar-refractivity contribution in [2.24, 2.45) is 0 Å². The number of hydrogen-bond donors (Lipinski definition) is 1. The van der Waals surface area contributed by atoms with Crippen LogP contribution in [0, 0.1) is 0 Å². The SMILES string of the molecule is C=C(C)C(=O)NCCC[N+](C)(C)CCOP(=O)([O-])OCCCCCC. The molecule has 1 N–H and O–H groups in total. The molecule has 0 bridgehead atoms. The van der Waals surface area contributed by atoms with Crippen LogP contribution in [0.25, 0.3) is 0 Å². The highest BCUT2D eigenvalue weighted by atomic mass is 31.2. The number of carbonyl (C=O) groups excluding carboxylic acids is 1. The van der Waals surface area contributed by atoms with Crippen LogP contribution in [0.15, 0.2) is 12.2 Å². The average molecular weight is 378 g/mol. The van der Waals surface area contributed by atoms with Crippen molar-refractivity contribution in [1.29, 1.82) is 0 Å². The smallest absolute Gasteiger partial charge is 0.268 e. The van der Waals surface area contributed by atoms with E-state index in [0.29, 0.717) is 23.1 Å². The second-order valence-corrected chi connectivity index (χ2v) is 8.36. The Hall–Kier alpha value is -0.720. The molecule has 0 heterocycles. The zero-order valence-electron chi connectivity index (χ0n) is 16.2. The van der Waals surface area contributed by atoms with E-state index in [1.54, 1.807) is 6.92 Å². The summed E-state index contributed by atoms with van der Waals surface area (Å²) in [6.07, 6.45) is 4.64. The van der Waals surface area contributed by atoms with E-state index in [2.05, 4.69) is 18.8 Å². The maximum Gasteiger partial charge on any atom is 0.268 e. The number of nitrogens with zero attached hydrogens (tertiary/aromatic N) is 1. The Kier molecular flexibility index (Phi) is 12.2. The van der Waals surface area contributed by atoms with E-state index in [4.69, 9.17) is 9.05 Å². The molecule has 1 atom stereocenters. The van der Waals surface area contributed by atoms with Crippen molar-refractivity contribution >= 4 is 13.7 Å². The number of phosphoric ester groups is 1. The van der Waals surface area contributed by atoms with Crippen LogP contribution < -0.4 is 10.2 Å². The van der Waals surface area contributed by atoms with E-state index in [9.17, 15) is 14.3 Å². The highest BCUT2D eigenvalue weighted by Crippen LogP contribution is 2.38. The molecule has 0 aromatic rings. The number of rotatable bonds is 15. The minimum Gasteiger partial charge on any atom is -0.756 e. The molecule has 0 saturated heterocycles. The third-order valence-electron chi connectivity index (χ3n) is 3.81. The summed E-state index contributed by atoms with van der Waals surface area (Å²) in [6, 6.07) is 0. The number of nitrogens with one attached hydrogen (secondary N) is 1. The Bertz CT molecular complexity index is 454. The lowest BCUT2D eigenvalue weighted by Crippen LogP contribution is -2.44. The maximum atomic E-state index is 11.7. The van der Waals surface area contributed by atoms with Crippen LogP contribution in [0.5, 0.6) is 0 Å². The zero-order valence-corrected chi connectivity index (χ0v) is 17.1. The van der Waals surface area contributed by atoms with Crippen molar-refractivity contribution in [2.45, 2.75) is 46.0 Å². The van der Waals surface area contributed by atoms with Gasteiger partial charge in [-0.05, 0) is 13.3 Å². The van der Waals surface area contributed by atoms with Crippen molar-refractivity contribution in [2.75, 3.05) is 46.9 Å². The fourth-order valence-electron chi connectivity index (χ4n) is 2.11. The molecule has 0 aromatic heterocycles. The second kappa shape index (κ2) is 12.6. The third-order valence-corrected chi connectivity index (χ3v) is 4.80. The van der Waals surface area contributed by atoms with Gasteiger partial charge in [-0.15, -0.1) is 0 Å². The molecule has 0 fully saturated rings. The van der Waals surface area contributed by atoms with Crippen LogP contribution in [0.1, 0.15) is 46.0 Å². The van der Waals surface area contributed by atoms with Gasteiger partial charge in [0.2, 0.25) is 5.91 Å². The predicted molar refractivity (Wildman–Crippen MR) is 97.9 cm³/mol. The molecule has 0 aliphatic rings. The fourth-order valence-corrected chi connectivity index (χ4v) is 2.85. The normalized spacial score (nSPS) is 14.1. The van der Waals surface area contributed by atoms with Crippen LogP contribution in [-0.2, 0) is 18.4 Å². The summed E-state index contributed by atoms with van der Waals surface area (Å²) in [5.74, 6) is -0.142. The molecule has 0 aliphatic carbocycles. The molecule has 0 spiro atoms. The monoisotopic (exact) mass is 378 g/mol. The van der Waals surface area contributed by atoms with Gasteiger partial charge in [-0.2, -0.15) is 0 Å². The van der Waals surface area contributed by atoms with Crippen LogP contribution in [0.3, 0.4) is 0 Å². The van der Waals surface area contributed by atoms with Crippen LogP contribution in [0.2, 0.25) is 0 Å². The quantitative estimate of drug-likeness (QED) is 0.204. The highest BCUT2D eigenvalue weighted by molar-refractivity contribution is 7.45. The molecular formula is C17H35N2O5P. The third kappa shape index (κ3) is 14.2. The van der Waals surface area contributed by atoms with Crippen LogP contribution in [-0.4, -0.2) is 57.3 Å². The first-order chi connectivity index (χ1) is 11.6. The van der Waals surface area contributed by atoms with E-state index in [-0.39, 0.29) is 19.1 Å². The summed E-state index contributed by atoms with van der Waals surface area (Å²) in [5.41, 5.74) is 0.489. The van der Waals surface area contributed by atoms with Gasteiger partial charge >= 0.3 is 0 Å². The fraction of sp³-hybridized carbons (Fsp3) is 0.824. The standard InChI is InChI=1S/C17H35N2O5P/c1-6-7-8-9-14-23-25(21,22)24-15-13-19(4,5)12-10-11-18-17(20)16(2)3/h2,6-15H2,1,3-5H3,(H-,18,20,21,22). The molecule has 148 valence electrons. The van der Waals surface area contributed by atoms with E-state index in [1.807, 2.05) is 14.1 Å². The summed E-state index contributed by atoms with van der Waals surface area (Å²) in [7, 11) is -0.227. The molecule has 0 aliphatic heterocycles. The predicted octanol–water partition coefficient (Wildman–Crippen LogP) is 2.23. The molecule has 1 unspecified atom stereocenters. The molecule has 0 rings (SSSR count). The van der Waals surface area contributed by atoms with Gasteiger partial charge in [0, 0.05) is 18.5 Å². The summed E-state index contributed by atoms with van der Waals surface area (Å²) in [4.78, 5) is 23.0. The van der Waals surface area contributed by atoms with Gasteiger partial charge < -0.3 is 23.7 Å². The lowest BCUT2D eigenvalue weighted by Gasteiger charge is -2.31. The minimum atomic E-state index is -4.21. The lowest BCUT2D eigenvalue weighted by molar-refractivity contribution is -0.890. The molecule has 7 nitrogen and oxygen atoms in total. The number of hydrogen-bond acceptors (Lipinski definition) is 5. The summed E-state index contributed by atoms with van der Waals surface area (Å²) < 4.78 is 22.0. The molecule has 0 aromatic carbocycles. The average Bonchev–Trinajstić information content (AvgIpc) is 2.50. The van der Waals surface area contributed by atoms with Crippen molar-refractivity contribution in [3.63, 3.8) is 0 Å². The van der Waals surface area contributed by atoms with Crippen molar-refractivity contribution in [3.05, 3.63) is 12.2 Å². The van der Waals surface area contributed by atoms with Crippen molar-refractivity contribution < 1.29 is 27.8 Å².